The Morgan fingerprint density at radius 2 is 1.28 bits per heavy atom. The van der Waals surface area contributed by atoms with Crippen molar-refractivity contribution in [2.75, 3.05) is 6.61 Å². The first-order chi connectivity index (χ1) is 8.77. The van der Waals surface area contributed by atoms with Crippen molar-refractivity contribution in [2.45, 2.75) is 5.92 Å². The van der Waals surface area contributed by atoms with Gasteiger partial charge in [-0.1, -0.05) is 60.7 Å². The van der Waals surface area contributed by atoms with Crippen molar-refractivity contribution in [3.8, 4) is 0 Å². The first kappa shape index (κ1) is 12.8. The van der Waals surface area contributed by atoms with E-state index in [1.165, 1.54) is 0 Å². The lowest BCUT2D eigenvalue weighted by molar-refractivity contribution is 0.180. The monoisotopic (exact) mass is 242 g/mol. The Labute approximate surface area is 107 Å². The third kappa shape index (κ3) is 3.44. The molecule has 18 heavy (non-hydrogen) atoms. The summed E-state index contributed by atoms with van der Waals surface area (Å²) in [5.74, 6) is -0.00537. The van der Waals surface area contributed by atoms with Crippen LogP contribution in [0.5, 0.6) is 0 Å². The van der Waals surface area contributed by atoms with Gasteiger partial charge in [0.1, 0.15) is 0 Å². The largest absolute Gasteiger partial charge is 0.633 e. The second-order valence-corrected chi connectivity index (χ2v) is 4.03. The highest BCUT2D eigenvalue weighted by Crippen LogP contribution is 2.24. The van der Waals surface area contributed by atoms with E-state index in [0.717, 1.165) is 11.1 Å². The Balaban J connectivity index is 2.24. The number of hydrogen-bond donors (Lipinski definition) is 2. The molecule has 2 aromatic carbocycles. The Morgan fingerprint density at radius 1 is 0.833 bits per heavy atom. The molecule has 2 rings (SSSR count). The van der Waals surface area contributed by atoms with E-state index < -0.39 is 7.32 Å². The third-order valence-corrected chi connectivity index (χ3v) is 2.82. The van der Waals surface area contributed by atoms with Crippen molar-refractivity contribution in [2.24, 2.45) is 0 Å². The van der Waals surface area contributed by atoms with Gasteiger partial charge in [0.15, 0.2) is 0 Å². The van der Waals surface area contributed by atoms with Crippen molar-refractivity contribution in [3.05, 3.63) is 71.8 Å². The highest BCUT2D eigenvalue weighted by molar-refractivity contribution is 6.32. The fourth-order valence-electron chi connectivity index (χ4n) is 1.94. The summed E-state index contributed by atoms with van der Waals surface area (Å²) in [6.07, 6.45) is 0. The Morgan fingerprint density at radius 3 is 1.67 bits per heavy atom. The highest BCUT2D eigenvalue weighted by Gasteiger charge is 2.17. The molecule has 0 saturated heterocycles. The van der Waals surface area contributed by atoms with Gasteiger partial charge in [0.05, 0.1) is 0 Å². The molecular formula is C14H15BO3. The molecule has 0 heterocycles. The third-order valence-electron chi connectivity index (χ3n) is 2.82. The molecule has 0 saturated carbocycles. The molecule has 3 nitrogen and oxygen atoms in total. The van der Waals surface area contributed by atoms with Gasteiger partial charge in [-0.25, -0.2) is 0 Å². The smallest absolute Gasteiger partial charge is 0.402 e. The van der Waals surface area contributed by atoms with Crippen LogP contribution in [0, 0.1) is 0 Å². The van der Waals surface area contributed by atoms with E-state index in [9.17, 15) is 0 Å². The van der Waals surface area contributed by atoms with Gasteiger partial charge in [-0.05, 0) is 11.1 Å². The molecule has 0 spiro atoms. The van der Waals surface area contributed by atoms with Crippen LogP contribution in [-0.2, 0) is 4.65 Å². The number of benzene rings is 2. The van der Waals surface area contributed by atoms with E-state index in [-0.39, 0.29) is 12.5 Å². The quantitative estimate of drug-likeness (QED) is 0.786. The van der Waals surface area contributed by atoms with Gasteiger partial charge >= 0.3 is 7.32 Å². The zero-order chi connectivity index (χ0) is 12.8. The predicted octanol–water partition coefficient (Wildman–Crippen LogP) is 1.80. The van der Waals surface area contributed by atoms with E-state index >= 15 is 0 Å². The summed E-state index contributed by atoms with van der Waals surface area (Å²) >= 11 is 0. The van der Waals surface area contributed by atoms with E-state index in [2.05, 4.69) is 0 Å². The summed E-state index contributed by atoms with van der Waals surface area (Å²) in [5, 5.41) is 17.7. The molecule has 0 aromatic heterocycles. The predicted molar refractivity (Wildman–Crippen MR) is 70.9 cm³/mol. The van der Waals surface area contributed by atoms with Crippen LogP contribution in [0.4, 0.5) is 0 Å². The molecule has 0 unspecified atom stereocenters. The molecule has 0 aliphatic rings. The van der Waals surface area contributed by atoms with Crippen molar-refractivity contribution >= 4 is 7.32 Å². The zero-order valence-electron chi connectivity index (χ0n) is 9.94. The molecule has 2 N–H and O–H groups in total. The van der Waals surface area contributed by atoms with Crippen LogP contribution in [0.3, 0.4) is 0 Å². The van der Waals surface area contributed by atoms with E-state index in [1.54, 1.807) is 0 Å². The lowest BCUT2D eigenvalue weighted by atomic mass is 9.92. The Bertz CT molecular complexity index is 419. The molecule has 0 bridgehead atoms. The zero-order valence-corrected chi connectivity index (χ0v) is 9.94. The number of rotatable bonds is 5. The molecule has 0 aliphatic heterocycles. The maximum absolute atomic E-state index is 8.83. The standard InChI is InChI=1S/C14H15BO3/c16-15(17)18-11-14(12-7-3-1-4-8-12)13-9-5-2-6-10-13/h1-10,14,16-17H,11H2. The molecular weight excluding hydrogens is 227 g/mol. The molecule has 0 fully saturated rings. The minimum absolute atomic E-state index is 0.00537. The van der Waals surface area contributed by atoms with Crippen molar-refractivity contribution < 1.29 is 14.7 Å². The second-order valence-electron chi connectivity index (χ2n) is 4.03. The molecule has 0 aliphatic carbocycles. The van der Waals surface area contributed by atoms with Crippen LogP contribution in [0.15, 0.2) is 60.7 Å². The van der Waals surface area contributed by atoms with Gasteiger partial charge in [-0.3, -0.25) is 0 Å². The topological polar surface area (TPSA) is 49.7 Å². The lowest BCUT2D eigenvalue weighted by Gasteiger charge is -2.18. The van der Waals surface area contributed by atoms with Gasteiger partial charge in [-0.15, -0.1) is 0 Å². The Hall–Kier alpha value is -1.62. The summed E-state index contributed by atoms with van der Waals surface area (Å²) in [4.78, 5) is 0. The first-order valence-corrected chi connectivity index (χ1v) is 5.85. The SMILES string of the molecule is OB(O)OCC(c1ccccc1)c1ccccc1. The van der Waals surface area contributed by atoms with Crippen LogP contribution in [-0.4, -0.2) is 24.0 Å². The maximum Gasteiger partial charge on any atom is 0.633 e. The Kier molecular flexibility index (Phi) is 4.53. The van der Waals surface area contributed by atoms with Crippen LogP contribution >= 0.6 is 0 Å². The van der Waals surface area contributed by atoms with Crippen molar-refractivity contribution in [1.29, 1.82) is 0 Å². The van der Waals surface area contributed by atoms with Crippen LogP contribution in [0.1, 0.15) is 17.0 Å². The summed E-state index contributed by atoms with van der Waals surface area (Å²) in [7, 11) is -1.74. The number of hydrogen-bond acceptors (Lipinski definition) is 3. The lowest BCUT2D eigenvalue weighted by Crippen LogP contribution is -2.21. The van der Waals surface area contributed by atoms with Crippen LogP contribution in [0.2, 0.25) is 0 Å². The minimum Gasteiger partial charge on any atom is -0.402 e. The van der Waals surface area contributed by atoms with Crippen LogP contribution in [0.25, 0.3) is 0 Å². The molecule has 92 valence electrons. The molecule has 0 radical (unpaired) electrons. The average Bonchev–Trinajstić information content (AvgIpc) is 2.41. The van der Waals surface area contributed by atoms with E-state index in [1.807, 2.05) is 60.7 Å². The van der Waals surface area contributed by atoms with Gasteiger partial charge in [-0.2, -0.15) is 0 Å². The summed E-state index contributed by atoms with van der Waals surface area (Å²) in [5.41, 5.74) is 2.17. The fraction of sp³-hybridized carbons (Fsp3) is 0.143. The normalized spacial score (nSPS) is 10.6. The van der Waals surface area contributed by atoms with E-state index in [0.29, 0.717) is 0 Å². The maximum atomic E-state index is 8.83. The molecule has 0 atom stereocenters. The van der Waals surface area contributed by atoms with Crippen molar-refractivity contribution in [1.82, 2.24) is 0 Å². The molecule has 2 aromatic rings. The average molecular weight is 242 g/mol. The van der Waals surface area contributed by atoms with Gasteiger partial charge < -0.3 is 14.7 Å². The second kappa shape index (κ2) is 6.35. The molecule has 0 amide bonds. The fourth-order valence-corrected chi connectivity index (χ4v) is 1.94. The van der Waals surface area contributed by atoms with Crippen molar-refractivity contribution in [3.63, 3.8) is 0 Å². The van der Waals surface area contributed by atoms with Gasteiger partial charge in [0, 0.05) is 12.5 Å². The summed E-state index contributed by atoms with van der Waals surface area (Å²) in [6, 6.07) is 19.8. The minimum atomic E-state index is -1.74. The van der Waals surface area contributed by atoms with Gasteiger partial charge in [0.2, 0.25) is 0 Å². The van der Waals surface area contributed by atoms with Gasteiger partial charge in [0.25, 0.3) is 0 Å². The summed E-state index contributed by atoms with van der Waals surface area (Å²) < 4.78 is 4.92. The van der Waals surface area contributed by atoms with Crippen LogP contribution < -0.4 is 0 Å². The first-order valence-electron chi connectivity index (χ1n) is 5.85. The van der Waals surface area contributed by atoms with E-state index in [4.69, 9.17) is 14.7 Å². The highest BCUT2D eigenvalue weighted by atomic mass is 16.6. The molecule has 4 heteroatoms. The summed E-state index contributed by atoms with van der Waals surface area (Å²) in [6.45, 7) is 0.228.